The van der Waals surface area contributed by atoms with Gasteiger partial charge in [0.1, 0.15) is 11.6 Å². The molecule has 168 valence electrons. The van der Waals surface area contributed by atoms with Crippen molar-refractivity contribution in [3.8, 4) is 5.75 Å². The molecular weight excluding hydrogens is 416 g/mol. The first kappa shape index (κ1) is 21.9. The number of aryl methyl sites for hydroxylation is 2. The minimum atomic E-state index is -0.539. The second kappa shape index (κ2) is 8.68. The van der Waals surface area contributed by atoms with Crippen LogP contribution < -0.4 is 10.1 Å². The van der Waals surface area contributed by atoms with Crippen molar-refractivity contribution in [3.05, 3.63) is 71.5 Å². The minimum Gasteiger partial charge on any atom is -0.494 e. The van der Waals surface area contributed by atoms with Crippen molar-refractivity contribution in [1.82, 2.24) is 9.97 Å². The van der Waals surface area contributed by atoms with Crippen molar-refractivity contribution < 1.29 is 23.0 Å². The highest BCUT2D eigenvalue weighted by Gasteiger charge is 2.62. The van der Waals surface area contributed by atoms with E-state index in [9.17, 15) is 13.6 Å². The summed E-state index contributed by atoms with van der Waals surface area (Å²) in [5, 5.41) is 2.85. The maximum atomic E-state index is 14.1. The zero-order valence-corrected chi connectivity index (χ0v) is 18.2. The summed E-state index contributed by atoms with van der Waals surface area (Å²) in [4.78, 5) is 21.5. The number of amides is 1. The normalized spacial score (nSPS) is 24.3. The van der Waals surface area contributed by atoms with Gasteiger partial charge in [-0.15, -0.1) is 0 Å². The van der Waals surface area contributed by atoms with Gasteiger partial charge in [0.05, 0.1) is 25.6 Å². The molecule has 8 heteroatoms. The number of hydrogen-bond acceptors (Lipinski definition) is 5. The summed E-state index contributed by atoms with van der Waals surface area (Å²) in [6.07, 6.45) is 5.85. The lowest BCUT2D eigenvalue weighted by Gasteiger charge is -2.28. The van der Waals surface area contributed by atoms with Gasteiger partial charge in [-0.2, -0.15) is 0 Å². The summed E-state index contributed by atoms with van der Waals surface area (Å²) in [5.74, 6) is -0.0990. The maximum absolute atomic E-state index is 14.1. The molecule has 2 aliphatic rings. The van der Waals surface area contributed by atoms with Gasteiger partial charge < -0.3 is 14.8 Å². The highest BCUT2D eigenvalue weighted by Crippen LogP contribution is 2.61. The standard InChI is InChI=1S/C24H25F2N3O3/c1-14-22(12-27-15(2)28-14)32-13-24(16-4-9-20(26)21(10-16)31-3)11-19(24)23(30)29-18-7-5-17(25)6-8-18/h5-10,12,16,19H,4,11,13H2,1-3H3,(H,29,30)/t16?,19-,24+/m0/s1. The van der Waals surface area contributed by atoms with Gasteiger partial charge in [0.15, 0.2) is 17.3 Å². The summed E-state index contributed by atoms with van der Waals surface area (Å²) >= 11 is 0. The van der Waals surface area contributed by atoms with Gasteiger partial charge in [-0.05, 0) is 69.0 Å². The molecule has 0 aliphatic heterocycles. The number of nitrogens with zero attached hydrogens (tertiary/aromatic N) is 2. The van der Waals surface area contributed by atoms with Gasteiger partial charge in [0.25, 0.3) is 0 Å². The first-order valence-electron chi connectivity index (χ1n) is 10.4. The summed E-state index contributed by atoms with van der Waals surface area (Å²) in [6, 6.07) is 5.62. The second-order valence-electron chi connectivity index (χ2n) is 8.27. The monoisotopic (exact) mass is 441 g/mol. The number of halogens is 2. The fourth-order valence-electron chi connectivity index (χ4n) is 4.27. The van der Waals surface area contributed by atoms with Crippen LogP contribution in [0.2, 0.25) is 0 Å². The van der Waals surface area contributed by atoms with Crippen LogP contribution in [0.25, 0.3) is 0 Å². The molecule has 1 unspecified atom stereocenters. The first-order chi connectivity index (χ1) is 15.3. The van der Waals surface area contributed by atoms with E-state index in [1.165, 1.54) is 37.5 Å². The van der Waals surface area contributed by atoms with E-state index in [0.717, 1.165) is 0 Å². The van der Waals surface area contributed by atoms with Crippen LogP contribution in [0.4, 0.5) is 14.5 Å². The van der Waals surface area contributed by atoms with E-state index < -0.39 is 11.2 Å². The first-order valence-corrected chi connectivity index (χ1v) is 10.4. The summed E-state index contributed by atoms with van der Waals surface area (Å²) in [7, 11) is 1.42. The Bertz CT molecular complexity index is 1080. The number of carbonyl (C=O) groups is 1. The number of ether oxygens (including phenoxy) is 2. The third-order valence-corrected chi connectivity index (χ3v) is 6.19. The Kier molecular flexibility index (Phi) is 5.95. The molecule has 1 aromatic heterocycles. The van der Waals surface area contributed by atoms with E-state index in [4.69, 9.17) is 9.47 Å². The van der Waals surface area contributed by atoms with Crippen molar-refractivity contribution in [3.63, 3.8) is 0 Å². The van der Waals surface area contributed by atoms with Crippen LogP contribution in [0.1, 0.15) is 24.4 Å². The quantitative estimate of drug-likeness (QED) is 0.677. The smallest absolute Gasteiger partial charge is 0.228 e. The van der Waals surface area contributed by atoms with Crippen molar-refractivity contribution >= 4 is 11.6 Å². The average molecular weight is 441 g/mol. The molecule has 2 aliphatic carbocycles. The van der Waals surface area contributed by atoms with Crippen LogP contribution in [0.3, 0.4) is 0 Å². The predicted octanol–water partition coefficient (Wildman–Crippen LogP) is 4.66. The van der Waals surface area contributed by atoms with Crippen LogP contribution in [0, 0.1) is 36.9 Å². The molecule has 32 heavy (non-hydrogen) atoms. The fourth-order valence-corrected chi connectivity index (χ4v) is 4.27. The number of methoxy groups -OCH3 is 1. The molecule has 6 nitrogen and oxygen atoms in total. The maximum Gasteiger partial charge on any atom is 0.228 e. The number of benzene rings is 1. The Labute approximate surface area is 185 Å². The Morgan fingerprint density at radius 3 is 2.69 bits per heavy atom. The number of hydrogen-bond donors (Lipinski definition) is 1. The Morgan fingerprint density at radius 1 is 1.25 bits per heavy atom. The molecular formula is C24H25F2N3O3. The topological polar surface area (TPSA) is 73.3 Å². The lowest BCUT2D eigenvalue weighted by molar-refractivity contribution is -0.118. The van der Waals surface area contributed by atoms with E-state index in [-0.39, 0.29) is 35.9 Å². The predicted molar refractivity (Wildman–Crippen MR) is 115 cm³/mol. The lowest BCUT2D eigenvalue weighted by Crippen LogP contribution is -2.30. The number of anilines is 1. The third-order valence-electron chi connectivity index (χ3n) is 6.19. The molecule has 0 bridgehead atoms. The van der Waals surface area contributed by atoms with E-state index in [0.29, 0.717) is 35.8 Å². The minimum absolute atomic E-state index is 0.146. The van der Waals surface area contributed by atoms with Gasteiger partial charge in [0, 0.05) is 17.0 Å². The van der Waals surface area contributed by atoms with Crippen LogP contribution in [0.15, 0.2) is 54.2 Å². The highest BCUT2D eigenvalue weighted by molar-refractivity contribution is 5.95. The van der Waals surface area contributed by atoms with Gasteiger partial charge in [-0.3, -0.25) is 4.79 Å². The van der Waals surface area contributed by atoms with Gasteiger partial charge >= 0.3 is 0 Å². The van der Waals surface area contributed by atoms with Crippen LogP contribution in [-0.4, -0.2) is 29.6 Å². The zero-order valence-electron chi connectivity index (χ0n) is 18.2. The molecule has 2 aromatic rings. The van der Waals surface area contributed by atoms with E-state index in [1.54, 1.807) is 19.2 Å². The molecule has 0 spiro atoms. The van der Waals surface area contributed by atoms with Gasteiger partial charge in [-0.25, -0.2) is 18.7 Å². The molecule has 1 N–H and O–H groups in total. The third kappa shape index (κ3) is 4.35. The number of rotatable bonds is 7. The highest BCUT2D eigenvalue weighted by atomic mass is 19.1. The molecule has 4 rings (SSSR count). The number of aromatic nitrogens is 2. The number of allylic oxidation sites excluding steroid dienone is 3. The molecule has 1 heterocycles. The second-order valence-corrected chi connectivity index (χ2v) is 8.27. The number of nitrogens with one attached hydrogen (secondary N) is 1. The number of carbonyl (C=O) groups excluding carboxylic acids is 1. The lowest BCUT2D eigenvalue weighted by atomic mass is 9.82. The summed E-state index contributed by atoms with van der Waals surface area (Å²) in [6.45, 7) is 3.88. The summed E-state index contributed by atoms with van der Waals surface area (Å²) in [5.41, 5.74) is 0.689. The molecule has 1 aromatic carbocycles. The molecule has 1 saturated carbocycles. The fraction of sp³-hybridized carbons (Fsp3) is 0.375. The van der Waals surface area contributed by atoms with Crippen molar-refractivity contribution in [2.75, 3.05) is 19.0 Å². The van der Waals surface area contributed by atoms with Crippen molar-refractivity contribution in [2.24, 2.45) is 17.3 Å². The van der Waals surface area contributed by atoms with Crippen molar-refractivity contribution in [2.45, 2.75) is 26.7 Å². The molecule has 3 atom stereocenters. The van der Waals surface area contributed by atoms with Gasteiger partial charge in [0.2, 0.25) is 5.91 Å². The SMILES string of the molecule is COC1=CC([C@]2(COc3cnc(C)nc3C)C[C@H]2C(=O)Nc2ccc(F)cc2)CC=C1F. The molecule has 0 radical (unpaired) electrons. The Balaban J connectivity index is 1.56. The molecule has 1 amide bonds. The zero-order chi connectivity index (χ0) is 22.9. The van der Waals surface area contributed by atoms with Crippen LogP contribution in [-0.2, 0) is 9.53 Å². The molecule has 1 fully saturated rings. The van der Waals surface area contributed by atoms with Crippen LogP contribution in [0.5, 0.6) is 5.75 Å². The van der Waals surface area contributed by atoms with Gasteiger partial charge in [-0.1, -0.05) is 0 Å². The summed E-state index contributed by atoms with van der Waals surface area (Å²) < 4.78 is 38.5. The Morgan fingerprint density at radius 2 is 2.00 bits per heavy atom. The Hall–Kier alpha value is -3.29. The van der Waals surface area contributed by atoms with Crippen LogP contribution >= 0.6 is 0 Å². The average Bonchev–Trinajstić information content (AvgIpc) is 3.51. The van der Waals surface area contributed by atoms with E-state index in [2.05, 4.69) is 15.3 Å². The molecule has 0 saturated heterocycles. The van der Waals surface area contributed by atoms with E-state index in [1.807, 2.05) is 6.92 Å². The largest absolute Gasteiger partial charge is 0.494 e. The van der Waals surface area contributed by atoms with Crippen molar-refractivity contribution in [1.29, 1.82) is 0 Å². The van der Waals surface area contributed by atoms with E-state index >= 15 is 0 Å².